The molecule has 0 unspecified atom stereocenters. The van der Waals surface area contributed by atoms with E-state index in [0.717, 1.165) is 18.5 Å². The number of hydrogen-bond acceptors (Lipinski definition) is 2. The number of nitrogens with one attached hydrogen (secondary N) is 1. The highest BCUT2D eigenvalue weighted by molar-refractivity contribution is 5.93. The molecule has 0 aliphatic heterocycles. The Morgan fingerprint density at radius 1 is 1.05 bits per heavy atom. The van der Waals surface area contributed by atoms with Crippen LogP contribution in [0.3, 0.4) is 0 Å². The lowest BCUT2D eigenvalue weighted by atomic mass is 10.1. The summed E-state index contributed by atoms with van der Waals surface area (Å²) < 4.78 is 0. The molecule has 0 saturated carbocycles. The largest absolute Gasteiger partial charge is 0.326 e. The van der Waals surface area contributed by atoms with E-state index in [2.05, 4.69) is 23.5 Å². The van der Waals surface area contributed by atoms with Crippen LogP contribution in [0.1, 0.15) is 16.7 Å². The predicted molar refractivity (Wildman–Crippen MR) is 77.1 cm³/mol. The Hall–Kier alpha value is -2.60. The average molecular weight is 262 g/mol. The van der Waals surface area contributed by atoms with Crippen LogP contribution in [0.15, 0.2) is 48.5 Å². The van der Waals surface area contributed by atoms with Crippen molar-refractivity contribution in [3.8, 4) is 6.07 Å². The molecular formula is C17H14N2O. The Morgan fingerprint density at radius 2 is 1.65 bits per heavy atom. The van der Waals surface area contributed by atoms with Crippen LogP contribution in [0.4, 0.5) is 5.69 Å². The maximum absolute atomic E-state index is 12.3. The lowest BCUT2D eigenvalue weighted by Gasteiger charge is -2.10. The zero-order chi connectivity index (χ0) is 13.9. The van der Waals surface area contributed by atoms with Crippen LogP contribution in [0.25, 0.3) is 0 Å². The van der Waals surface area contributed by atoms with Crippen molar-refractivity contribution in [3.63, 3.8) is 0 Å². The molecule has 0 fully saturated rings. The van der Waals surface area contributed by atoms with Crippen LogP contribution in [0.5, 0.6) is 0 Å². The van der Waals surface area contributed by atoms with Gasteiger partial charge in [0.1, 0.15) is 0 Å². The monoisotopic (exact) mass is 262 g/mol. The number of carbonyl (C=O) groups excluding carboxylic acids is 1. The van der Waals surface area contributed by atoms with Gasteiger partial charge in [-0.1, -0.05) is 24.3 Å². The number of anilines is 1. The molecule has 2 aromatic carbocycles. The molecular weight excluding hydrogens is 248 g/mol. The van der Waals surface area contributed by atoms with Crippen LogP contribution in [0, 0.1) is 17.2 Å². The minimum atomic E-state index is 0.00282. The smallest absolute Gasteiger partial charge is 0.228 e. The Balaban J connectivity index is 1.68. The van der Waals surface area contributed by atoms with E-state index in [1.807, 2.05) is 12.1 Å². The summed E-state index contributed by atoms with van der Waals surface area (Å²) in [5.74, 6) is 0.0500. The minimum absolute atomic E-state index is 0.00282. The number of benzene rings is 2. The standard InChI is InChI=1S/C17H14N2O/c18-11-12-5-7-16(8-6-12)19-17(20)15-9-13-3-1-2-4-14(13)10-15/h1-8,15H,9-10H2,(H,19,20). The Labute approximate surface area is 117 Å². The highest BCUT2D eigenvalue weighted by Crippen LogP contribution is 2.27. The van der Waals surface area contributed by atoms with Gasteiger partial charge in [0.05, 0.1) is 11.6 Å². The predicted octanol–water partition coefficient (Wildman–Crippen LogP) is 2.91. The van der Waals surface area contributed by atoms with E-state index in [1.54, 1.807) is 24.3 Å². The van der Waals surface area contributed by atoms with Gasteiger partial charge in [0.25, 0.3) is 0 Å². The summed E-state index contributed by atoms with van der Waals surface area (Å²) in [6.07, 6.45) is 1.61. The molecule has 0 spiro atoms. The first-order valence-electron chi connectivity index (χ1n) is 6.64. The van der Waals surface area contributed by atoms with Crippen molar-refractivity contribution in [1.29, 1.82) is 5.26 Å². The van der Waals surface area contributed by atoms with Crippen LogP contribution >= 0.6 is 0 Å². The molecule has 0 bridgehead atoms. The van der Waals surface area contributed by atoms with E-state index < -0.39 is 0 Å². The molecule has 1 aliphatic rings. The van der Waals surface area contributed by atoms with Gasteiger partial charge >= 0.3 is 0 Å². The van der Waals surface area contributed by atoms with Crippen molar-refractivity contribution in [2.24, 2.45) is 5.92 Å². The highest BCUT2D eigenvalue weighted by Gasteiger charge is 2.26. The third-order valence-electron chi connectivity index (χ3n) is 3.70. The first-order chi connectivity index (χ1) is 9.76. The zero-order valence-corrected chi connectivity index (χ0v) is 11.0. The second-order valence-electron chi connectivity index (χ2n) is 5.05. The fourth-order valence-electron chi connectivity index (χ4n) is 2.62. The first kappa shape index (κ1) is 12.4. The second kappa shape index (κ2) is 5.18. The average Bonchev–Trinajstić information content (AvgIpc) is 2.92. The van der Waals surface area contributed by atoms with Crippen molar-refractivity contribution in [2.45, 2.75) is 12.8 Å². The third-order valence-corrected chi connectivity index (χ3v) is 3.70. The van der Waals surface area contributed by atoms with Gasteiger partial charge in [-0.15, -0.1) is 0 Å². The first-order valence-corrected chi connectivity index (χ1v) is 6.64. The fourth-order valence-corrected chi connectivity index (χ4v) is 2.62. The third kappa shape index (κ3) is 2.41. The summed E-state index contributed by atoms with van der Waals surface area (Å²) in [7, 11) is 0. The summed E-state index contributed by atoms with van der Waals surface area (Å²) in [6, 6.07) is 17.2. The minimum Gasteiger partial charge on any atom is -0.326 e. The number of amides is 1. The van der Waals surface area contributed by atoms with Crippen LogP contribution in [0.2, 0.25) is 0 Å². The van der Waals surface area contributed by atoms with Crippen LogP contribution < -0.4 is 5.32 Å². The number of hydrogen-bond donors (Lipinski definition) is 1. The molecule has 3 rings (SSSR count). The lowest BCUT2D eigenvalue weighted by Crippen LogP contribution is -2.23. The van der Waals surface area contributed by atoms with Gasteiger partial charge in [-0.05, 0) is 48.2 Å². The van der Waals surface area contributed by atoms with Gasteiger partial charge in [-0.25, -0.2) is 0 Å². The molecule has 0 aromatic heterocycles. The lowest BCUT2D eigenvalue weighted by molar-refractivity contribution is -0.119. The number of nitriles is 1. The molecule has 0 atom stereocenters. The molecule has 0 heterocycles. The number of nitrogens with zero attached hydrogens (tertiary/aromatic N) is 1. The number of rotatable bonds is 2. The van der Waals surface area contributed by atoms with Gasteiger partial charge in [-0.2, -0.15) is 5.26 Å². The van der Waals surface area contributed by atoms with Gasteiger partial charge < -0.3 is 5.32 Å². The molecule has 0 saturated heterocycles. The summed E-state index contributed by atoms with van der Waals surface area (Å²) in [5, 5.41) is 11.7. The molecule has 20 heavy (non-hydrogen) atoms. The topological polar surface area (TPSA) is 52.9 Å². The molecule has 3 heteroatoms. The Kier molecular flexibility index (Phi) is 3.22. The maximum Gasteiger partial charge on any atom is 0.228 e. The van der Waals surface area contributed by atoms with Gasteiger partial charge in [0, 0.05) is 11.6 Å². The zero-order valence-electron chi connectivity index (χ0n) is 11.0. The van der Waals surface area contributed by atoms with E-state index in [4.69, 9.17) is 5.26 Å². The highest BCUT2D eigenvalue weighted by atomic mass is 16.1. The maximum atomic E-state index is 12.3. The van der Waals surface area contributed by atoms with Crippen molar-refractivity contribution in [3.05, 3.63) is 65.2 Å². The fraction of sp³-hybridized carbons (Fsp3) is 0.176. The molecule has 1 amide bonds. The number of fused-ring (bicyclic) bond motifs is 1. The SMILES string of the molecule is N#Cc1ccc(NC(=O)C2Cc3ccccc3C2)cc1. The van der Waals surface area contributed by atoms with E-state index in [-0.39, 0.29) is 11.8 Å². The van der Waals surface area contributed by atoms with Gasteiger partial charge in [0.2, 0.25) is 5.91 Å². The van der Waals surface area contributed by atoms with Crippen LogP contribution in [-0.4, -0.2) is 5.91 Å². The van der Waals surface area contributed by atoms with Crippen molar-refractivity contribution in [1.82, 2.24) is 0 Å². The van der Waals surface area contributed by atoms with E-state index in [1.165, 1.54) is 11.1 Å². The van der Waals surface area contributed by atoms with Gasteiger partial charge in [0.15, 0.2) is 0 Å². The van der Waals surface area contributed by atoms with E-state index in [0.29, 0.717) is 5.56 Å². The summed E-state index contributed by atoms with van der Waals surface area (Å²) >= 11 is 0. The second-order valence-corrected chi connectivity index (χ2v) is 5.05. The normalized spacial score (nSPS) is 13.6. The molecule has 0 radical (unpaired) electrons. The molecule has 1 N–H and O–H groups in total. The van der Waals surface area contributed by atoms with E-state index >= 15 is 0 Å². The summed E-state index contributed by atoms with van der Waals surface area (Å²) in [4.78, 5) is 12.3. The Bertz CT molecular complexity index is 658. The van der Waals surface area contributed by atoms with Gasteiger partial charge in [-0.3, -0.25) is 4.79 Å². The van der Waals surface area contributed by atoms with Crippen molar-refractivity contribution < 1.29 is 4.79 Å². The molecule has 2 aromatic rings. The van der Waals surface area contributed by atoms with Crippen molar-refractivity contribution >= 4 is 11.6 Å². The summed E-state index contributed by atoms with van der Waals surface area (Å²) in [6.45, 7) is 0. The van der Waals surface area contributed by atoms with E-state index in [9.17, 15) is 4.79 Å². The molecule has 98 valence electrons. The number of carbonyl (C=O) groups is 1. The Morgan fingerprint density at radius 3 is 2.20 bits per heavy atom. The molecule has 3 nitrogen and oxygen atoms in total. The quantitative estimate of drug-likeness (QED) is 0.904. The summed E-state index contributed by atoms with van der Waals surface area (Å²) in [5.41, 5.74) is 3.88. The van der Waals surface area contributed by atoms with Crippen LogP contribution in [-0.2, 0) is 17.6 Å². The van der Waals surface area contributed by atoms with Crippen molar-refractivity contribution in [2.75, 3.05) is 5.32 Å². The molecule has 1 aliphatic carbocycles.